The molecule has 0 aliphatic carbocycles. The van der Waals surface area contributed by atoms with E-state index in [1.54, 1.807) is 7.11 Å². The van der Waals surface area contributed by atoms with Crippen molar-refractivity contribution in [3.63, 3.8) is 0 Å². The number of nitrogens with two attached hydrogens (primary N) is 1. The molecule has 0 fully saturated rings. The second-order valence-corrected chi connectivity index (χ2v) is 4.67. The number of aliphatic carboxylic acids is 1. The number of rotatable bonds is 4. The Bertz CT molecular complexity index is 446. The van der Waals surface area contributed by atoms with Crippen molar-refractivity contribution < 1.29 is 14.6 Å². The molecule has 0 saturated carbocycles. The van der Waals surface area contributed by atoms with Crippen molar-refractivity contribution >= 4 is 21.9 Å². The van der Waals surface area contributed by atoms with Gasteiger partial charge in [-0.15, -0.1) is 0 Å². The molecule has 0 spiro atoms. The van der Waals surface area contributed by atoms with E-state index in [1.807, 2.05) is 19.9 Å². The Morgan fingerprint density at radius 3 is 2.59 bits per heavy atom. The van der Waals surface area contributed by atoms with E-state index >= 15 is 0 Å². The van der Waals surface area contributed by atoms with Gasteiger partial charge in [0, 0.05) is 6.54 Å². The molecule has 1 atom stereocenters. The minimum absolute atomic E-state index is 0.0791. The summed E-state index contributed by atoms with van der Waals surface area (Å²) in [5.74, 6) is -0.891. The van der Waals surface area contributed by atoms with Crippen LogP contribution in [0.1, 0.15) is 22.6 Å². The first-order valence-electron chi connectivity index (χ1n) is 5.20. The maximum Gasteiger partial charge on any atom is 0.312 e. The predicted molar refractivity (Wildman–Crippen MR) is 69.6 cm³/mol. The van der Waals surface area contributed by atoms with Gasteiger partial charge in [-0.05, 0) is 52.5 Å². The molecule has 0 aliphatic rings. The predicted octanol–water partition coefficient (Wildman–Crippen LogP) is 2.20. The third-order valence-corrected chi connectivity index (χ3v) is 3.81. The molecule has 5 heteroatoms. The highest BCUT2D eigenvalue weighted by atomic mass is 79.9. The first-order valence-corrected chi connectivity index (χ1v) is 5.99. The minimum Gasteiger partial charge on any atom is -0.496 e. The summed E-state index contributed by atoms with van der Waals surface area (Å²) in [6.45, 7) is 3.80. The van der Waals surface area contributed by atoms with E-state index in [0.29, 0.717) is 5.75 Å². The number of ether oxygens (including phenoxy) is 1. The average molecular weight is 302 g/mol. The van der Waals surface area contributed by atoms with Crippen LogP contribution in [-0.4, -0.2) is 24.7 Å². The summed E-state index contributed by atoms with van der Waals surface area (Å²) in [5.41, 5.74) is 8.03. The Morgan fingerprint density at radius 2 is 2.18 bits per heavy atom. The molecule has 1 aromatic rings. The third-order valence-electron chi connectivity index (χ3n) is 2.82. The molecule has 0 aromatic heterocycles. The van der Waals surface area contributed by atoms with Crippen LogP contribution in [0.25, 0.3) is 0 Å². The molecular formula is C12H16BrNO3. The van der Waals surface area contributed by atoms with Gasteiger partial charge in [-0.3, -0.25) is 4.79 Å². The number of hydrogen-bond donors (Lipinski definition) is 2. The number of benzene rings is 1. The lowest BCUT2D eigenvalue weighted by Gasteiger charge is -2.19. The zero-order valence-electron chi connectivity index (χ0n) is 10.1. The van der Waals surface area contributed by atoms with Gasteiger partial charge in [0.1, 0.15) is 5.75 Å². The Morgan fingerprint density at radius 1 is 1.59 bits per heavy atom. The smallest absolute Gasteiger partial charge is 0.312 e. The van der Waals surface area contributed by atoms with E-state index in [4.69, 9.17) is 15.6 Å². The monoisotopic (exact) mass is 301 g/mol. The molecule has 1 aromatic carbocycles. The molecule has 0 bridgehead atoms. The van der Waals surface area contributed by atoms with Crippen LogP contribution in [0.5, 0.6) is 5.75 Å². The first kappa shape index (κ1) is 14.0. The average Bonchev–Trinajstić information content (AvgIpc) is 2.28. The topological polar surface area (TPSA) is 72.5 Å². The quantitative estimate of drug-likeness (QED) is 0.894. The van der Waals surface area contributed by atoms with E-state index in [1.165, 1.54) is 0 Å². The summed E-state index contributed by atoms with van der Waals surface area (Å²) >= 11 is 3.41. The van der Waals surface area contributed by atoms with Crippen molar-refractivity contribution in [3.8, 4) is 5.75 Å². The van der Waals surface area contributed by atoms with E-state index in [2.05, 4.69) is 15.9 Å². The second kappa shape index (κ2) is 5.51. The van der Waals surface area contributed by atoms with Crippen molar-refractivity contribution in [2.75, 3.05) is 13.7 Å². The fourth-order valence-corrected chi connectivity index (χ4v) is 2.45. The van der Waals surface area contributed by atoms with E-state index in [0.717, 1.165) is 21.2 Å². The highest BCUT2D eigenvalue weighted by molar-refractivity contribution is 9.10. The van der Waals surface area contributed by atoms with Crippen molar-refractivity contribution in [2.24, 2.45) is 5.73 Å². The molecule has 1 rings (SSSR count). The Kier molecular flexibility index (Phi) is 4.54. The zero-order chi connectivity index (χ0) is 13.2. The summed E-state index contributed by atoms with van der Waals surface area (Å²) in [5, 5.41) is 9.17. The van der Waals surface area contributed by atoms with Crippen molar-refractivity contribution in [2.45, 2.75) is 19.8 Å². The number of carbonyl (C=O) groups is 1. The molecular weight excluding hydrogens is 286 g/mol. The van der Waals surface area contributed by atoms with E-state index < -0.39 is 11.9 Å². The maximum atomic E-state index is 11.2. The molecule has 94 valence electrons. The van der Waals surface area contributed by atoms with Crippen LogP contribution < -0.4 is 10.5 Å². The van der Waals surface area contributed by atoms with Gasteiger partial charge in [0.2, 0.25) is 0 Å². The van der Waals surface area contributed by atoms with Crippen molar-refractivity contribution in [1.82, 2.24) is 0 Å². The van der Waals surface area contributed by atoms with Gasteiger partial charge in [-0.25, -0.2) is 0 Å². The van der Waals surface area contributed by atoms with Crippen LogP contribution in [0.4, 0.5) is 0 Å². The largest absolute Gasteiger partial charge is 0.496 e. The van der Waals surface area contributed by atoms with Gasteiger partial charge >= 0.3 is 5.97 Å². The molecule has 0 amide bonds. The normalized spacial score (nSPS) is 12.3. The molecule has 3 N–H and O–H groups in total. The third kappa shape index (κ3) is 2.61. The van der Waals surface area contributed by atoms with Gasteiger partial charge in [0.25, 0.3) is 0 Å². The van der Waals surface area contributed by atoms with Crippen molar-refractivity contribution in [1.29, 1.82) is 0 Å². The summed E-state index contributed by atoms with van der Waals surface area (Å²) in [6, 6.07) is 1.82. The van der Waals surface area contributed by atoms with Gasteiger partial charge in [-0.2, -0.15) is 0 Å². The molecule has 0 heterocycles. The summed E-state index contributed by atoms with van der Waals surface area (Å²) < 4.78 is 5.99. The molecule has 0 aliphatic heterocycles. The number of hydrogen-bond acceptors (Lipinski definition) is 3. The highest BCUT2D eigenvalue weighted by Gasteiger charge is 2.24. The number of carboxylic acid groups (broad SMARTS) is 1. The first-order chi connectivity index (χ1) is 7.93. The SMILES string of the molecule is COc1cc(C)c(C(CN)C(=O)O)c(C)c1Br. The zero-order valence-corrected chi connectivity index (χ0v) is 11.7. The Hall–Kier alpha value is -1.07. The number of carboxylic acids is 1. The van der Waals surface area contributed by atoms with Gasteiger partial charge in [0.15, 0.2) is 0 Å². The van der Waals surface area contributed by atoms with Gasteiger partial charge < -0.3 is 15.6 Å². The van der Waals surface area contributed by atoms with Crippen LogP contribution in [0.15, 0.2) is 10.5 Å². The molecule has 4 nitrogen and oxygen atoms in total. The van der Waals surface area contributed by atoms with Crippen LogP contribution in [0.2, 0.25) is 0 Å². The summed E-state index contributed by atoms with van der Waals surface area (Å²) in [6.07, 6.45) is 0. The minimum atomic E-state index is -0.907. The number of methoxy groups -OCH3 is 1. The number of halogens is 1. The van der Waals surface area contributed by atoms with Gasteiger partial charge in [-0.1, -0.05) is 0 Å². The molecule has 17 heavy (non-hydrogen) atoms. The van der Waals surface area contributed by atoms with E-state index in [9.17, 15) is 4.79 Å². The highest BCUT2D eigenvalue weighted by Crippen LogP contribution is 2.36. The van der Waals surface area contributed by atoms with Crippen LogP contribution in [0, 0.1) is 13.8 Å². The maximum absolute atomic E-state index is 11.2. The lowest BCUT2D eigenvalue weighted by atomic mass is 9.90. The standard InChI is InChI=1S/C12H16BrNO3/c1-6-4-9(17-3)11(13)7(2)10(6)8(5-14)12(15)16/h4,8H,5,14H2,1-3H3,(H,15,16). The fraction of sp³-hybridized carbons (Fsp3) is 0.417. The van der Waals surface area contributed by atoms with Gasteiger partial charge in [0.05, 0.1) is 17.5 Å². The van der Waals surface area contributed by atoms with Crippen molar-refractivity contribution in [3.05, 3.63) is 27.2 Å². The molecule has 0 radical (unpaired) electrons. The second-order valence-electron chi connectivity index (χ2n) is 3.87. The van der Waals surface area contributed by atoms with Crippen LogP contribution in [0.3, 0.4) is 0 Å². The summed E-state index contributed by atoms with van der Waals surface area (Å²) in [7, 11) is 1.58. The Balaban J connectivity index is 3.44. The van der Waals surface area contributed by atoms with Crippen LogP contribution in [-0.2, 0) is 4.79 Å². The molecule has 1 unspecified atom stereocenters. The Labute approximate surface area is 109 Å². The van der Waals surface area contributed by atoms with E-state index in [-0.39, 0.29) is 6.54 Å². The number of aryl methyl sites for hydroxylation is 1. The molecule has 0 saturated heterocycles. The van der Waals surface area contributed by atoms with Crippen LogP contribution >= 0.6 is 15.9 Å². The fourth-order valence-electron chi connectivity index (χ4n) is 1.96. The lowest BCUT2D eigenvalue weighted by Crippen LogP contribution is -2.23. The summed E-state index contributed by atoms with van der Waals surface area (Å²) in [4.78, 5) is 11.2. The lowest BCUT2D eigenvalue weighted by molar-refractivity contribution is -0.138.